The normalized spacial score (nSPS) is 11.4. The Morgan fingerprint density at radius 1 is 0.800 bits per heavy atom. The molecule has 4 rings (SSSR count). The Balaban J connectivity index is 1.66. The molecule has 7 heteroatoms. The number of anilines is 2. The summed E-state index contributed by atoms with van der Waals surface area (Å²) in [6.07, 6.45) is 0. The Hall–Kier alpha value is -3.68. The minimum atomic E-state index is -4.45. The number of fused-ring (bicyclic) bond motifs is 1. The number of carbonyl (C=O) groups is 1. The minimum absolute atomic E-state index is 0.255. The van der Waals surface area contributed by atoms with Gasteiger partial charge in [0.1, 0.15) is 4.90 Å². The number of carbonyl (C=O) groups excluding carboxylic acids is 1. The molecule has 30 heavy (non-hydrogen) atoms. The highest BCUT2D eigenvalue weighted by atomic mass is 32.2. The number of hydrogen-bond acceptors (Lipinski definition) is 4. The average Bonchev–Trinajstić information content (AvgIpc) is 2.73. The molecule has 1 amide bonds. The number of nitrogens with one attached hydrogen (secondary N) is 1. The van der Waals surface area contributed by atoms with Crippen molar-refractivity contribution in [2.45, 2.75) is 4.90 Å². The summed E-state index contributed by atoms with van der Waals surface area (Å²) >= 11 is 0. The van der Waals surface area contributed by atoms with E-state index in [2.05, 4.69) is 5.32 Å². The lowest BCUT2D eigenvalue weighted by Crippen LogP contribution is -2.13. The first-order valence-electron chi connectivity index (χ1n) is 9.09. The fourth-order valence-electron chi connectivity index (χ4n) is 3.31. The fourth-order valence-corrected chi connectivity index (χ4v) is 4.05. The number of benzene rings is 4. The van der Waals surface area contributed by atoms with Gasteiger partial charge in [0.15, 0.2) is 0 Å². The van der Waals surface area contributed by atoms with E-state index in [1.54, 1.807) is 36.4 Å². The first-order chi connectivity index (χ1) is 14.3. The zero-order chi connectivity index (χ0) is 21.3. The summed E-state index contributed by atoms with van der Waals surface area (Å²) in [5.74, 6) is -0.392. The van der Waals surface area contributed by atoms with Crippen LogP contribution in [0.5, 0.6) is 0 Å². The van der Waals surface area contributed by atoms with E-state index in [0.29, 0.717) is 22.3 Å². The number of hydrogen-bond donors (Lipinski definition) is 3. The second-order valence-electron chi connectivity index (χ2n) is 6.79. The van der Waals surface area contributed by atoms with Gasteiger partial charge in [-0.05, 0) is 52.9 Å². The molecule has 150 valence electrons. The van der Waals surface area contributed by atoms with Crippen LogP contribution in [-0.2, 0) is 10.1 Å². The van der Waals surface area contributed by atoms with E-state index in [4.69, 9.17) is 5.73 Å². The highest BCUT2D eigenvalue weighted by Gasteiger charge is 2.18. The van der Waals surface area contributed by atoms with Crippen LogP contribution < -0.4 is 11.1 Å². The van der Waals surface area contributed by atoms with E-state index in [1.165, 1.54) is 12.1 Å². The van der Waals surface area contributed by atoms with E-state index < -0.39 is 16.0 Å². The van der Waals surface area contributed by atoms with Crippen LogP contribution in [-0.4, -0.2) is 18.9 Å². The quantitative estimate of drug-likeness (QED) is 0.332. The Labute approximate surface area is 173 Å². The van der Waals surface area contributed by atoms with Gasteiger partial charge in [0.05, 0.1) is 5.69 Å². The van der Waals surface area contributed by atoms with Gasteiger partial charge in [-0.1, -0.05) is 48.5 Å². The van der Waals surface area contributed by atoms with Gasteiger partial charge in [0.25, 0.3) is 16.0 Å². The first kappa shape index (κ1) is 19.6. The zero-order valence-electron chi connectivity index (χ0n) is 15.7. The van der Waals surface area contributed by atoms with Gasteiger partial charge in [-0.2, -0.15) is 8.42 Å². The Kier molecular flexibility index (Phi) is 4.99. The van der Waals surface area contributed by atoms with Crippen LogP contribution in [0.3, 0.4) is 0 Å². The SMILES string of the molecule is Nc1ccc(-c2ccc(C(=O)Nc3cccc4cccc(S(=O)(=O)O)c34)cc2)cc1. The van der Waals surface area contributed by atoms with Gasteiger partial charge in [0.2, 0.25) is 0 Å². The van der Waals surface area contributed by atoms with Crippen LogP contribution in [0.25, 0.3) is 21.9 Å². The van der Waals surface area contributed by atoms with Crippen molar-refractivity contribution in [2.75, 3.05) is 11.1 Å². The third-order valence-electron chi connectivity index (χ3n) is 4.78. The molecule has 0 aliphatic rings. The van der Waals surface area contributed by atoms with Crippen molar-refractivity contribution >= 4 is 38.2 Å². The minimum Gasteiger partial charge on any atom is -0.399 e. The molecule has 0 aromatic heterocycles. The van der Waals surface area contributed by atoms with Crippen LogP contribution in [0.2, 0.25) is 0 Å². The molecule has 0 radical (unpaired) electrons. The smallest absolute Gasteiger partial charge is 0.295 e. The summed E-state index contributed by atoms with van der Waals surface area (Å²) in [5.41, 5.74) is 9.01. The third kappa shape index (κ3) is 3.89. The first-order valence-corrected chi connectivity index (χ1v) is 10.5. The number of nitrogens with two attached hydrogens (primary N) is 1. The van der Waals surface area contributed by atoms with Crippen molar-refractivity contribution in [2.24, 2.45) is 0 Å². The molecule has 4 N–H and O–H groups in total. The number of amides is 1. The second-order valence-corrected chi connectivity index (χ2v) is 8.18. The van der Waals surface area contributed by atoms with Crippen molar-refractivity contribution in [3.63, 3.8) is 0 Å². The standard InChI is InChI=1S/C23H18N2O4S/c24-19-13-11-16(12-14-19)15-7-9-18(10-8-15)23(26)25-20-5-1-3-17-4-2-6-21(22(17)20)30(27,28)29/h1-14H,24H2,(H,25,26)(H,27,28,29). The fraction of sp³-hybridized carbons (Fsp3) is 0. The maximum atomic E-state index is 12.8. The predicted octanol–water partition coefficient (Wildman–Crippen LogP) is 4.59. The zero-order valence-corrected chi connectivity index (χ0v) is 16.6. The average molecular weight is 418 g/mol. The van der Waals surface area contributed by atoms with Gasteiger partial charge in [-0.3, -0.25) is 9.35 Å². The molecule has 0 aliphatic carbocycles. The summed E-state index contributed by atoms with van der Waals surface area (Å²) in [4.78, 5) is 12.5. The van der Waals surface area contributed by atoms with Crippen LogP contribution in [0, 0.1) is 0 Å². The van der Waals surface area contributed by atoms with E-state index in [9.17, 15) is 17.8 Å². The van der Waals surface area contributed by atoms with Crippen LogP contribution in [0.1, 0.15) is 10.4 Å². The Morgan fingerprint density at radius 2 is 1.37 bits per heavy atom. The lowest BCUT2D eigenvalue weighted by atomic mass is 10.0. The lowest BCUT2D eigenvalue weighted by molar-refractivity contribution is 0.102. The lowest BCUT2D eigenvalue weighted by Gasteiger charge is -2.12. The van der Waals surface area contributed by atoms with Gasteiger partial charge in [-0.15, -0.1) is 0 Å². The molecule has 0 atom stereocenters. The summed E-state index contributed by atoms with van der Waals surface area (Å²) in [6.45, 7) is 0. The summed E-state index contributed by atoms with van der Waals surface area (Å²) in [6, 6.07) is 24.0. The van der Waals surface area contributed by atoms with Crippen LogP contribution in [0.15, 0.2) is 89.8 Å². The second kappa shape index (κ2) is 7.62. The van der Waals surface area contributed by atoms with E-state index in [1.807, 2.05) is 36.4 Å². The molecule has 0 heterocycles. The Morgan fingerprint density at radius 3 is 1.97 bits per heavy atom. The van der Waals surface area contributed by atoms with Crippen molar-refractivity contribution in [1.29, 1.82) is 0 Å². The van der Waals surface area contributed by atoms with Crippen LogP contribution >= 0.6 is 0 Å². The molecule has 4 aromatic rings. The van der Waals surface area contributed by atoms with Crippen LogP contribution in [0.4, 0.5) is 11.4 Å². The molecule has 0 fully saturated rings. The molecule has 0 saturated carbocycles. The molecular formula is C23H18N2O4S. The summed E-state index contributed by atoms with van der Waals surface area (Å²) in [5, 5.41) is 3.59. The maximum Gasteiger partial charge on any atom is 0.295 e. The maximum absolute atomic E-state index is 12.8. The molecule has 0 saturated heterocycles. The third-order valence-corrected chi connectivity index (χ3v) is 5.68. The molecule has 0 bridgehead atoms. The molecule has 0 unspecified atom stereocenters. The van der Waals surface area contributed by atoms with Crippen molar-refractivity contribution in [1.82, 2.24) is 0 Å². The molecule has 6 nitrogen and oxygen atoms in total. The highest BCUT2D eigenvalue weighted by Crippen LogP contribution is 2.30. The molecule has 0 spiro atoms. The van der Waals surface area contributed by atoms with Gasteiger partial charge in [-0.25, -0.2) is 0 Å². The number of nitrogen functional groups attached to an aromatic ring is 1. The molecule has 0 aliphatic heterocycles. The Bertz CT molecular complexity index is 1340. The largest absolute Gasteiger partial charge is 0.399 e. The van der Waals surface area contributed by atoms with Crippen molar-refractivity contribution < 1.29 is 17.8 Å². The van der Waals surface area contributed by atoms with Crippen molar-refractivity contribution in [3.8, 4) is 11.1 Å². The van der Waals surface area contributed by atoms with Gasteiger partial charge in [0, 0.05) is 16.6 Å². The van der Waals surface area contributed by atoms with Gasteiger partial charge >= 0.3 is 0 Å². The highest BCUT2D eigenvalue weighted by molar-refractivity contribution is 7.86. The van der Waals surface area contributed by atoms with Gasteiger partial charge < -0.3 is 11.1 Å². The molecule has 4 aromatic carbocycles. The number of rotatable bonds is 4. The van der Waals surface area contributed by atoms with E-state index in [-0.39, 0.29) is 10.3 Å². The summed E-state index contributed by atoms with van der Waals surface area (Å²) in [7, 11) is -4.45. The molecular weight excluding hydrogens is 400 g/mol. The monoisotopic (exact) mass is 418 g/mol. The predicted molar refractivity (Wildman–Crippen MR) is 118 cm³/mol. The summed E-state index contributed by atoms with van der Waals surface area (Å²) < 4.78 is 33.1. The topological polar surface area (TPSA) is 109 Å². The van der Waals surface area contributed by atoms with E-state index in [0.717, 1.165) is 11.1 Å². The van der Waals surface area contributed by atoms with E-state index >= 15 is 0 Å². The van der Waals surface area contributed by atoms with Crippen molar-refractivity contribution in [3.05, 3.63) is 90.5 Å².